The number of ether oxygens (including phenoxy) is 1. The van der Waals surface area contributed by atoms with Crippen molar-refractivity contribution in [1.29, 1.82) is 0 Å². The molecule has 0 aliphatic heterocycles. The van der Waals surface area contributed by atoms with Crippen LogP contribution in [0.3, 0.4) is 0 Å². The number of nitrogens with zero attached hydrogens (tertiary/aromatic N) is 1. The summed E-state index contributed by atoms with van der Waals surface area (Å²) in [6, 6.07) is 7.33. The molecule has 0 heterocycles. The van der Waals surface area contributed by atoms with Gasteiger partial charge in [-0.05, 0) is 55.9 Å². The Morgan fingerprint density at radius 2 is 1.96 bits per heavy atom. The predicted octanol–water partition coefficient (Wildman–Crippen LogP) is 2.91. The van der Waals surface area contributed by atoms with Gasteiger partial charge in [-0.3, -0.25) is 0 Å². The molecule has 5 nitrogen and oxygen atoms in total. The number of hydrogen-bond acceptors (Lipinski definition) is 3. The summed E-state index contributed by atoms with van der Waals surface area (Å²) >= 11 is 5.81. The molecule has 23 heavy (non-hydrogen) atoms. The lowest BCUT2D eigenvalue weighted by atomic mass is 9.86. The molecule has 0 saturated heterocycles. The number of aliphatic hydroxyl groups excluding tert-OH is 1. The van der Waals surface area contributed by atoms with E-state index in [1.54, 1.807) is 29.2 Å². The van der Waals surface area contributed by atoms with Gasteiger partial charge < -0.3 is 20.1 Å². The summed E-state index contributed by atoms with van der Waals surface area (Å²) in [5, 5.41) is 12.7. The maximum absolute atomic E-state index is 12.1. The summed E-state index contributed by atoms with van der Waals surface area (Å²) in [5.74, 6) is 1.13. The third-order valence-corrected chi connectivity index (χ3v) is 4.66. The molecular weight excluding hydrogens is 316 g/mol. The molecule has 0 spiro atoms. The largest absolute Gasteiger partial charge is 0.492 e. The highest BCUT2D eigenvalue weighted by Gasteiger charge is 2.25. The fourth-order valence-electron chi connectivity index (χ4n) is 2.86. The lowest BCUT2D eigenvalue weighted by Gasteiger charge is -2.34. The predicted molar refractivity (Wildman–Crippen MR) is 90.9 cm³/mol. The average molecular weight is 341 g/mol. The Kier molecular flexibility index (Phi) is 6.99. The molecule has 2 rings (SSSR count). The van der Waals surface area contributed by atoms with Crippen LogP contribution in [0.15, 0.2) is 24.3 Å². The minimum absolute atomic E-state index is 0.0721. The molecule has 1 fully saturated rings. The number of carbonyl (C=O) groups excluding carboxylic acids is 1. The number of rotatable bonds is 6. The Balaban J connectivity index is 1.65. The van der Waals surface area contributed by atoms with Gasteiger partial charge in [-0.15, -0.1) is 0 Å². The molecule has 0 aromatic heterocycles. The molecule has 0 radical (unpaired) electrons. The highest BCUT2D eigenvalue weighted by Crippen LogP contribution is 2.26. The van der Waals surface area contributed by atoms with E-state index in [0.29, 0.717) is 24.1 Å². The van der Waals surface area contributed by atoms with Gasteiger partial charge in [0.1, 0.15) is 12.4 Å². The first-order valence-corrected chi connectivity index (χ1v) is 8.48. The molecule has 0 atom stereocenters. The van der Waals surface area contributed by atoms with Crippen LogP contribution in [0.5, 0.6) is 5.75 Å². The molecule has 128 valence electrons. The minimum Gasteiger partial charge on any atom is -0.492 e. The van der Waals surface area contributed by atoms with Gasteiger partial charge in [0.05, 0.1) is 6.54 Å². The molecule has 6 heteroatoms. The topological polar surface area (TPSA) is 61.8 Å². The smallest absolute Gasteiger partial charge is 0.317 e. The highest BCUT2D eigenvalue weighted by atomic mass is 35.5. The van der Waals surface area contributed by atoms with Crippen LogP contribution in [-0.2, 0) is 0 Å². The summed E-state index contributed by atoms with van der Waals surface area (Å²) < 4.78 is 5.55. The van der Waals surface area contributed by atoms with Gasteiger partial charge in [-0.25, -0.2) is 4.79 Å². The molecular formula is C17H25ClN2O3. The van der Waals surface area contributed by atoms with Gasteiger partial charge in [0.25, 0.3) is 0 Å². The third-order valence-electron chi connectivity index (χ3n) is 4.40. The quantitative estimate of drug-likeness (QED) is 0.783. The number of halogens is 1. The van der Waals surface area contributed by atoms with E-state index in [9.17, 15) is 4.79 Å². The first-order valence-electron chi connectivity index (χ1n) is 8.10. The fourth-order valence-corrected chi connectivity index (χ4v) is 2.99. The number of urea groups is 1. The van der Waals surface area contributed by atoms with E-state index in [1.165, 1.54) is 0 Å². The standard InChI is InChI=1S/C17H25ClN2O3/c1-20(15-6-2-13(12-21)3-7-15)17(22)19-10-11-23-16-8-4-14(18)5-9-16/h4-5,8-9,13,15,21H,2-3,6-7,10-12H2,1H3,(H,19,22). The maximum Gasteiger partial charge on any atom is 0.317 e. The van der Waals surface area contributed by atoms with Crippen molar-refractivity contribution in [2.75, 3.05) is 26.8 Å². The second-order valence-electron chi connectivity index (χ2n) is 6.00. The van der Waals surface area contributed by atoms with Gasteiger partial charge in [0, 0.05) is 24.7 Å². The Labute approximate surface area is 142 Å². The summed E-state index contributed by atoms with van der Waals surface area (Å²) in [6.07, 6.45) is 3.88. The van der Waals surface area contributed by atoms with Crippen LogP contribution in [0.4, 0.5) is 4.79 Å². The van der Waals surface area contributed by atoms with Crippen molar-refractivity contribution in [2.24, 2.45) is 5.92 Å². The van der Waals surface area contributed by atoms with Crippen molar-refractivity contribution in [3.8, 4) is 5.75 Å². The summed E-state index contributed by atoms with van der Waals surface area (Å²) in [6.45, 7) is 1.13. The van der Waals surface area contributed by atoms with E-state index in [-0.39, 0.29) is 18.7 Å². The first kappa shape index (κ1) is 17.9. The van der Waals surface area contributed by atoms with Crippen molar-refractivity contribution in [3.05, 3.63) is 29.3 Å². The minimum atomic E-state index is -0.0721. The van der Waals surface area contributed by atoms with Gasteiger partial charge in [0.15, 0.2) is 0 Å². The second-order valence-corrected chi connectivity index (χ2v) is 6.44. The van der Waals surface area contributed by atoms with Crippen LogP contribution in [0, 0.1) is 5.92 Å². The van der Waals surface area contributed by atoms with Gasteiger partial charge >= 0.3 is 6.03 Å². The maximum atomic E-state index is 12.1. The summed E-state index contributed by atoms with van der Waals surface area (Å²) in [5.41, 5.74) is 0. The molecule has 1 aliphatic rings. The number of benzene rings is 1. The SMILES string of the molecule is CN(C(=O)NCCOc1ccc(Cl)cc1)C1CCC(CO)CC1. The van der Waals surface area contributed by atoms with Crippen molar-refractivity contribution in [1.82, 2.24) is 10.2 Å². The van der Waals surface area contributed by atoms with Crippen LogP contribution in [0.25, 0.3) is 0 Å². The van der Waals surface area contributed by atoms with Gasteiger partial charge in [0.2, 0.25) is 0 Å². The molecule has 1 aromatic rings. The Hall–Kier alpha value is -1.46. The molecule has 0 unspecified atom stereocenters. The normalized spacial score (nSPS) is 20.8. The molecule has 1 aliphatic carbocycles. The fraction of sp³-hybridized carbons (Fsp3) is 0.588. The lowest BCUT2D eigenvalue weighted by molar-refractivity contribution is 0.133. The molecule has 2 amide bonds. The number of hydrogen-bond donors (Lipinski definition) is 2. The lowest BCUT2D eigenvalue weighted by Crippen LogP contribution is -2.46. The number of aliphatic hydroxyl groups is 1. The Morgan fingerprint density at radius 1 is 1.30 bits per heavy atom. The monoisotopic (exact) mass is 340 g/mol. The van der Waals surface area contributed by atoms with Crippen molar-refractivity contribution < 1.29 is 14.6 Å². The molecule has 1 aromatic carbocycles. The zero-order chi connectivity index (χ0) is 16.7. The molecule has 2 N–H and O–H groups in total. The highest BCUT2D eigenvalue weighted by molar-refractivity contribution is 6.30. The van der Waals surface area contributed by atoms with E-state index < -0.39 is 0 Å². The van der Waals surface area contributed by atoms with Crippen LogP contribution >= 0.6 is 11.6 Å². The summed E-state index contributed by atoms with van der Waals surface area (Å²) in [4.78, 5) is 13.9. The first-order chi connectivity index (χ1) is 11.1. The van der Waals surface area contributed by atoms with Crippen molar-refractivity contribution in [2.45, 2.75) is 31.7 Å². The van der Waals surface area contributed by atoms with E-state index in [2.05, 4.69) is 5.32 Å². The van der Waals surface area contributed by atoms with Crippen LogP contribution < -0.4 is 10.1 Å². The van der Waals surface area contributed by atoms with E-state index in [0.717, 1.165) is 31.4 Å². The Morgan fingerprint density at radius 3 is 2.57 bits per heavy atom. The van der Waals surface area contributed by atoms with Gasteiger partial charge in [-0.1, -0.05) is 11.6 Å². The van der Waals surface area contributed by atoms with Crippen molar-refractivity contribution in [3.63, 3.8) is 0 Å². The zero-order valence-electron chi connectivity index (χ0n) is 13.5. The molecule has 0 bridgehead atoms. The average Bonchev–Trinajstić information content (AvgIpc) is 2.59. The number of carbonyl (C=O) groups is 1. The summed E-state index contributed by atoms with van der Waals surface area (Å²) in [7, 11) is 1.83. The number of nitrogens with one attached hydrogen (secondary N) is 1. The number of amides is 2. The Bertz CT molecular complexity index is 487. The van der Waals surface area contributed by atoms with Crippen molar-refractivity contribution >= 4 is 17.6 Å². The van der Waals surface area contributed by atoms with E-state index in [4.69, 9.17) is 21.4 Å². The van der Waals surface area contributed by atoms with Crippen LogP contribution in [0.1, 0.15) is 25.7 Å². The van der Waals surface area contributed by atoms with E-state index in [1.807, 2.05) is 7.05 Å². The third kappa shape index (κ3) is 5.59. The van der Waals surface area contributed by atoms with Gasteiger partial charge in [-0.2, -0.15) is 0 Å². The van der Waals surface area contributed by atoms with Crippen LogP contribution in [-0.4, -0.2) is 48.9 Å². The van der Waals surface area contributed by atoms with Crippen LogP contribution in [0.2, 0.25) is 5.02 Å². The zero-order valence-corrected chi connectivity index (χ0v) is 14.3. The second kappa shape index (κ2) is 8.99. The molecule has 1 saturated carbocycles. The van der Waals surface area contributed by atoms with E-state index >= 15 is 0 Å².